The Kier molecular flexibility index (Phi) is 8.14. The van der Waals surface area contributed by atoms with Crippen LogP contribution in [0.3, 0.4) is 0 Å². The molecule has 0 saturated heterocycles. The van der Waals surface area contributed by atoms with Gasteiger partial charge in [0.1, 0.15) is 5.82 Å². The van der Waals surface area contributed by atoms with Crippen LogP contribution in [-0.4, -0.2) is 23.2 Å². The molecule has 26 heavy (non-hydrogen) atoms. The molecule has 5 heteroatoms. The molecule has 0 bridgehead atoms. The lowest BCUT2D eigenvalue weighted by molar-refractivity contribution is 0.0972. The molecule has 1 N–H and O–H groups in total. The quantitative estimate of drug-likeness (QED) is 0.425. The maximum Gasteiger partial charge on any atom is 0.163 e. The second-order valence-corrected chi connectivity index (χ2v) is 7.70. The fourth-order valence-electron chi connectivity index (χ4n) is 2.92. The lowest BCUT2D eigenvalue weighted by Gasteiger charge is -2.16. The van der Waals surface area contributed by atoms with Crippen LogP contribution in [0.4, 0.5) is 4.39 Å². The second kappa shape index (κ2) is 10.1. The number of rotatable bonds is 9. The fraction of sp³-hybridized carbons (Fsp3) is 0.381. The van der Waals surface area contributed by atoms with E-state index in [9.17, 15) is 9.18 Å². The van der Waals surface area contributed by atoms with Crippen LogP contribution in [0.5, 0.6) is 0 Å². The van der Waals surface area contributed by atoms with Crippen molar-refractivity contribution in [2.45, 2.75) is 43.9 Å². The summed E-state index contributed by atoms with van der Waals surface area (Å²) >= 11 is 7.45. The van der Waals surface area contributed by atoms with Gasteiger partial charge in [0.2, 0.25) is 0 Å². The third-order valence-electron chi connectivity index (χ3n) is 4.46. The van der Waals surface area contributed by atoms with Crippen LogP contribution in [0.1, 0.15) is 54.1 Å². The van der Waals surface area contributed by atoms with Gasteiger partial charge in [-0.05, 0) is 48.1 Å². The largest absolute Gasteiger partial charge is 0.396 e. The third-order valence-corrected chi connectivity index (χ3v) is 5.83. The molecule has 1 atom stereocenters. The smallest absolute Gasteiger partial charge is 0.163 e. The van der Waals surface area contributed by atoms with E-state index in [1.165, 1.54) is 11.6 Å². The van der Waals surface area contributed by atoms with Gasteiger partial charge in [0, 0.05) is 22.6 Å². The van der Waals surface area contributed by atoms with Crippen LogP contribution in [0.25, 0.3) is 0 Å². The molecule has 2 aromatic carbocycles. The summed E-state index contributed by atoms with van der Waals surface area (Å²) in [6.45, 7) is 4.19. The van der Waals surface area contributed by atoms with Crippen LogP contribution in [-0.2, 0) is 6.42 Å². The van der Waals surface area contributed by atoms with Gasteiger partial charge in [0.15, 0.2) is 5.78 Å². The van der Waals surface area contributed by atoms with E-state index in [0.29, 0.717) is 17.7 Å². The first-order chi connectivity index (χ1) is 12.5. The van der Waals surface area contributed by atoms with Crippen molar-refractivity contribution in [2.24, 2.45) is 0 Å². The van der Waals surface area contributed by atoms with Gasteiger partial charge in [0.25, 0.3) is 0 Å². The van der Waals surface area contributed by atoms with E-state index in [1.54, 1.807) is 23.9 Å². The van der Waals surface area contributed by atoms with Gasteiger partial charge in [-0.2, -0.15) is 0 Å². The molecule has 0 fully saturated rings. The average molecular weight is 395 g/mol. The Morgan fingerprint density at radius 2 is 2.00 bits per heavy atom. The SMILES string of the molecule is CCc1ccc(C(=O)CC(CC)c2ccc(F)c(Cl)c2)cc1SCCO. The number of benzene rings is 2. The van der Waals surface area contributed by atoms with E-state index in [1.807, 2.05) is 25.1 Å². The molecule has 0 spiro atoms. The number of Topliss-reactive ketones (excluding diaryl/α,β-unsaturated/α-hetero) is 1. The molecule has 140 valence electrons. The zero-order chi connectivity index (χ0) is 19.1. The first-order valence-corrected chi connectivity index (χ1v) is 10.2. The van der Waals surface area contributed by atoms with Gasteiger partial charge in [-0.3, -0.25) is 4.79 Å². The summed E-state index contributed by atoms with van der Waals surface area (Å²) in [5, 5.41) is 9.15. The van der Waals surface area contributed by atoms with Gasteiger partial charge in [-0.15, -0.1) is 11.8 Å². The maximum atomic E-state index is 13.4. The number of hydrogen-bond acceptors (Lipinski definition) is 3. The molecule has 0 aromatic heterocycles. The highest BCUT2D eigenvalue weighted by atomic mass is 35.5. The molecule has 2 aromatic rings. The predicted octanol–water partition coefficient (Wildman–Crippen LogP) is 5.89. The number of hydrogen-bond donors (Lipinski definition) is 1. The van der Waals surface area contributed by atoms with Crippen LogP contribution in [0.2, 0.25) is 5.02 Å². The van der Waals surface area contributed by atoms with Crippen LogP contribution in [0.15, 0.2) is 41.3 Å². The van der Waals surface area contributed by atoms with Crippen LogP contribution in [0, 0.1) is 5.82 Å². The van der Waals surface area contributed by atoms with E-state index in [2.05, 4.69) is 6.92 Å². The van der Waals surface area contributed by atoms with Gasteiger partial charge in [-0.25, -0.2) is 4.39 Å². The standard InChI is InChI=1S/C21H24ClFO2S/c1-3-14-5-6-17(13-21(14)26-10-9-24)20(25)12-15(4-2)16-7-8-19(23)18(22)11-16/h5-8,11,13,15,24H,3-4,9-10,12H2,1-2H3. The van der Waals surface area contributed by atoms with Crippen molar-refractivity contribution >= 4 is 29.1 Å². The summed E-state index contributed by atoms with van der Waals surface area (Å²) < 4.78 is 13.4. The zero-order valence-electron chi connectivity index (χ0n) is 15.1. The fourth-order valence-corrected chi connectivity index (χ4v) is 4.02. The summed E-state index contributed by atoms with van der Waals surface area (Å²) in [4.78, 5) is 13.8. The molecule has 0 aliphatic carbocycles. The third kappa shape index (κ3) is 5.32. The molecule has 0 radical (unpaired) electrons. The molecule has 1 unspecified atom stereocenters. The van der Waals surface area contributed by atoms with Crippen molar-refractivity contribution in [2.75, 3.05) is 12.4 Å². The van der Waals surface area contributed by atoms with Crippen molar-refractivity contribution in [3.63, 3.8) is 0 Å². The number of thioether (sulfide) groups is 1. The van der Waals surface area contributed by atoms with Gasteiger partial charge < -0.3 is 5.11 Å². The van der Waals surface area contributed by atoms with Crippen molar-refractivity contribution in [1.82, 2.24) is 0 Å². The summed E-state index contributed by atoms with van der Waals surface area (Å²) in [5.74, 6) is 0.221. The summed E-state index contributed by atoms with van der Waals surface area (Å²) in [6.07, 6.45) is 2.01. The Labute approximate surface area is 163 Å². The van der Waals surface area contributed by atoms with E-state index in [4.69, 9.17) is 16.7 Å². The highest BCUT2D eigenvalue weighted by Crippen LogP contribution is 2.30. The number of halogens is 2. The number of aryl methyl sites for hydroxylation is 1. The lowest BCUT2D eigenvalue weighted by Crippen LogP contribution is -2.08. The Morgan fingerprint density at radius 1 is 1.23 bits per heavy atom. The maximum absolute atomic E-state index is 13.4. The minimum atomic E-state index is -0.447. The van der Waals surface area contributed by atoms with E-state index in [0.717, 1.165) is 23.3 Å². The molecule has 0 heterocycles. The topological polar surface area (TPSA) is 37.3 Å². The Bertz CT molecular complexity index is 764. The van der Waals surface area contributed by atoms with Crippen molar-refractivity contribution < 1.29 is 14.3 Å². The zero-order valence-corrected chi connectivity index (χ0v) is 16.7. The van der Waals surface area contributed by atoms with Gasteiger partial charge in [0.05, 0.1) is 11.6 Å². The minimum Gasteiger partial charge on any atom is -0.396 e. The molecule has 0 amide bonds. The normalized spacial score (nSPS) is 12.2. The highest BCUT2D eigenvalue weighted by Gasteiger charge is 2.18. The number of carbonyl (C=O) groups excluding carboxylic acids is 1. The molecular weight excluding hydrogens is 371 g/mol. The second-order valence-electron chi connectivity index (χ2n) is 6.15. The Hall–Kier alpha value is -1.36. The van der Waals surface area contributed by atoms with E-state index < -0.39 is 5.82 Å². The Morgan fingerprint density at radius 3 is 2.62 bits per heavy atom. The summed E-state index contributed by atoms with van der Waals surface area (Å²) in [7, 11) is 0. The van der Waals surface area contributed by atoms with Crippen LogP contribution >= 0.6 is 23.4 Å². The summed E-state index contributed by atoms with van der Waals surface area (Å²) in [5.41, 5.74) is 2.74. The lowest BCUT2D eigenvalue weighted by atomic mass is 9.89. The van der Waals surface area contributed by atoms with Crippen molar-refractivity contribution in [1.29, 1.82) is 0 Å². The summed E-state index contributed by atoms with van der Waals surface area (Å²) in [6, 6.07) is 10.4. The monoisotopic (exact) mass is 394 g/mol. The number of carbonyl (C=O) groups is 1. The average Bonchev–Trinajstić information content (AvgIpc) is 2.66. The number of ketones is 1. The molecule has 0 aliphatic rings. The Balaban J connectivity index is 2.20. The molecule has 0 saturated carbocycles. The predicted molar refractivity (Wildman–Crippen MR) is 107 cm³/mol. The number of aliphatic hydroxyl groups excluding tert-OH is 1. The molecular formula is C21H24ClFO2S. The number of aliphatic hydroxyl groups is 1. The van der Waals surface area contributed by atoms with E-state index in [-0.39, 0.29) is 23.3 Å². The van der Waals surface area contributed by atoms with Gasteiger partial charge in [-0.1, -0.05) is 43.6 Å². The first-order valence-electron chi connectivity index (χ1n) is 8.84. The van der Waals surface area contributed by atoms with Crippen molar-refractivity contribution in [3.8, 4) is 0 Å². The molecule has 2 nitrogen and oxygen atoms in total. The van der Waals surface area contributed by atoms with Crippen LogP contribution < -0.4 is 0 Å². The molecule has 2 rings (SSSR count). The highest BCUT2D eigenvalue weighted by molar-refractivity contribution is 7.99. The van der Waals surface area contributed by atoms with Gasteiger partial charge >= 0.3 is 0 Å². The minimum absolute atomic E-state index is 0.00000320. The first kappa shape index (κ1) is 20.9. The van der Waals surface area contributed by atoms with Crippen molar-refractivity contribution in [3.05, 3.63) is 63.9 Å². The van der Waals surface area contributed by atoms with E-state index >= 15 is 0 Å². The molecule has 0 aliphatic heterocycles.